The molecular formula is C23H29ClO8. The minimum atomic E-state index is -1.97. The Hall–Kier alpha value is -1.75. The molecule has 0 saturated carbocycles. The summed E-state index contributed by atoms with van der Waals surface area (Å²) in [4.78, 5) is 0. The average Bonchev–Trinajstić information content (AvgIpc) is 2.81. The van der Waals surface area contributed by atoms with Crippen LogP contribution >= 0.6 is 11.6 Å². The molecule has 0 bridgehead atoms. The van der Waals surface area contributed by atoms with Gasteiger partial charge >= 0.3 is 0 Å². The van der Waals surface area contributed by atoms with Crippen LogP contribution in [0.25, 0.3) is 0 Å². The van der Waals surface area contributed by atoms with Gasteiger partial charge in [-0.2, -0.15) is 0 Å². The molecule has 1 aliphatic heterocycles. The third kappa shape index (κ3) is 4.37. The molecule has 0 spiro atoms. The van der Waals surface area contributed by atoms with E-state index in [1.807, 2.05) is 31.2 Å². The van der Waals surface area contributed by atoms with Gasteiger partial charge in [0.05, 0.1) is 19.8 Å². The molecule has 0 amide bonds. The predicted octanol–water partition coefficient (Wildman–Crippen LogP) is 0.965. The smallest absolute Gasteiger partial charge is 0.225 e. The average molecular weight is 469 g/mol. The second-order valence-corrected chi connectivity index (χ2v) is 8.20. The number of halogens is 1. The normalized spacial score (nSPS) is 27.3. The zero-order valence-electron chi connectivity index (χ0n) is 17.9. The lowest BCUT2D eigenvalue weighted by Gasteiger charge is -2.52. The van der Waals surface area contributed by atoms with Gasteiger partial charge in [0, 0.05) is 17.7 Å². The molecule has 1 saturated heterocycles. The van der Waals surface area contributed by atoms with Gasteiger partial charge in [0.1, 0.15) is 29.7 Å². The number of aliphatic hydroxyl groups excluding tert-OH is 5. The number of benzene rings is 2. The Bertz CT molecular complexity index is 901. The largest absolute Gasteiger partial charge is 0.494 e. The summed E-state index contributed by atoms with van der Waals surface area (Å²) in [6.45, 7) is 0.849. The van der Waals surface area contributed by atoms with Crippen LogP contribution in [0.15, 0.2) is 42.5 Å². The van der Waals surface area contributed by atoms with Crippen LogP contribution < -0.4 is 4.74 Å². The molecule has 9 heteroatoms. The molecule has 1 aliphatic rings. The van der Waals surface area contributed by atoms with Crippen molar-refractivity contribution in [2.45, 2.75) is 43.0 Å². The first-order valence-electron chi connectivity index (χ1n) is 10.3. The van der Waals surface area contributed by atoms with Crippen LogP contribution in [-0.4, -0.2) is 76.4 Å². The highest BCUT2D eigenvalue weighted by Crippen LogP contribution is 2.44. The number of hydrogen-bond donors (Lipinski definition) is 5. The minimum Gasteiger partial charge on any atom is -0.494 e. The van der Waals surface area contributed by atoms with Crippen LogP contribution in [0.5, 0.6) is 5.75 Å². The van der Waals surface area contributed by atoms with Crippen molar-refractivity contribution in [3.8, 4) is 5.75 Å². The molecule has 0 aromatic heterocycles. The topological polar surface area (TPSA) is 129 Å². The van der Waals surface area contributed by atoms with Gasteiger partial charge in [0.25, 0.3) is 0 Å². The zero-order valence-corrected chi connectivity index (χ0v) is 18.7. The van der Waals surface area contributed by atoms with Gasteiger partial charge in [-0.1, -0.05) is 29.8 Å². The molecule has 32 heavy (non-hydrogen) atoms. The number of ether oxygens (including phenoxy) is 3. The van der Waals surface area contributed by atoms with Crippen molar-refractivity contribution in [2.24, 2.45) is 0 Å². The fourth-order valence-corrected chi connectivity index (χ4v) is 4.14. The number of hydrogen-bond acceptors (Lipinski definition) is 8. The van der Waals surface area contributed by atoms with E-state index < -0.39 is 42.9 Å². The van der Waals surface area contributed by atoms with Gasteiger partial charge in [-0.25, -0.2) is 0 Å². The number of aliphatic hydroxyl groups is 5. The highest BCUT2D eigenvalue weighted by molar-refractivity contribution is 6.31. The van der Waals surface area contributed by atoms with E-state index in [4.69, 9.17) is 25.8 Å². The quantitative estimate of drug-likeness (QED) is 0.387. The van der Waals surface area contributed by atoms with Crippen LogP contribution in [0.1, 0.15) is 23.6 Å². The summed E-state index contributed by atoms with van der Waals surface area (Å²) < 4.78 is 16.8. The van der Waals surface area contributed by atoms with Crippen LogP contribution in [-0.2, 0) is 21.7 Å². The highest BCUT2D eigenvalue weighted by atomic mass is 35.5. The summed E-state index contributed by atoms with van der Waals surface area (Å²) >= 11 is 6.42. The van der Waals surface area contributed by atoms with Crippen LogP contribution in [0.2, 0.25) is 5.02 Å². The van der Waals surface area contributed by atoms with Gasteiger partial charge in [-0.3, -0.25) is 0 Å². The SMILES string of the molecule is CCOc1ccc(Cc2cc([C@]3(OC)OC(CO)(CO)[C@@H](O)[C@H](O)[C@H]3O)ccc2Cl)cc1. The van der Waals surface area contributed by atoms with E-state index in [1.54, 1.807) is 18.2 Å². The monoisotopic (exact) mass is 468 g/mol. The van der Waals surface area contributed by atoms with Crippen molar-refractivity contribution >= 4 is 11.6 Å². The third-order valence-electron chi connectivity index (χ3n) is 5.85. The first-order valence-corrected chi connectivity index (χ1v) is 10.7. The Morgan fingerprint density at radius 3 is 2.22 bits per heavy atom. The molecule has 2 aromatic rings. The van der Waals surface area contributed by atoms with Crippen molar-refractivity contribution < 1.29 is 39.7 Å². The Balaban J connectivity index is 2.00. The summed E-state index contributed by atoms with van der Waals surface area (Å²) in [7, 11) is 1.26. The van der Waals surface area contributed by atoms with Gasteiger partial charge in [-0.15, -0.1) is 0 Å². The summed E-state index contributed by atoms with van der Waals surface area (Å²) in [6.07, 6.45) is -4.77. The van der Waals surface area contributed by atoms with E-state index in [9.17, 15) is 25.5 Å². The summed E-state index contributed by atoms with van der Waals surface area (Å²) in [5, 5.41) is 51.7. The van der Waals surface area contributed by atoms with E-state index in [2.05, 4.69) is 0 Å². The van der Waals surface area contributed by atoms with Gasteiger partial charge < -0.3 is 39.7 Å². The van der Waals surface area contributed by atoms with E-state index in [1.165, 1.54) is 7.11 Å². The first kappa shape index (κ1) is 24.9. The summed E-state index contributed by atoms with van der Waals surface area (Å²) in [5.74, 6) is -1.22. The van der Waals surface area contributed by atoms with Crippen molar-refractivity contribution in [1.29, 1.82) is 0 Å². The van der Waals surface area contributed by atoms with Gasteiger partial charge in [0.15, 0.2) is 0 Å². The van der Waals surface area contributed by atoms with Gasteiger partial charge in [-0.05, 0) is 48.7 Å². The van der Waals surface area contributed by atoms with E-state index >= 15 is 0 Å². The Morgan fingerprint density at radius 1 is 1.00 bits per heavy atom. The van der Waals surface area contributed by atoms with Crippen LogP contribution in [0.4, 0.5) is 0 Å². The fraction of sp³-hybridized carbons (Fsp3) is 0.478. The molecule has 8 nitrogen and oxygen atoms in total. The van der Waals surface area contributed by atoms with E-state index in [0.717, 1.165) is 11.3 Å². The standard InChI is InChI=1S/C23H29ClO8/c1-3-31-17-7-4-14(5-8-17)10-15-11-16(6-9-18(15)24)23(30-2)21(29)19(27)20(28)22(12-25,13-26)32-23/h4-9,11,19-21,25-29H,3,10,12-13H2,1-2H3/t19-,20-,21+,23-/m0/s1. The first-order chi connectivity index (χ1) is 15.3. The second-order valence-electron chi connectivity index (χ2n) is 7.79. The third-order valence-corrected chi connectivity index (χ3v) is 6.21. The summed E-state index contributed by atoms with van der Waals surface area (Å²) in [5.41, 5.74) is -0.00163. The molecule has 0 aliphatic carbocycles. The maximum atomic E-state index is 10.8. The van der Waals surface area contributed by atoms with E-state index in [0.29, 0.717) is 29.2 Å². The van der Waals surface area contributed by atoms with Crippen molar-refractivity contribution in [2.75, 3.05) is 26.9 Å². The minimum absolute atomic E-state index is 0.301. The predicted molar refractivity (Wildman–Crippen MR) is 117 cm³/mol. The highest BCUT2D eigenvalue weighted by Gasteiger charge is 2.61. The maximum absolute atomic E-state index is 10.8. The molecular weight excluding hydrogens is 440 g/mol. The summed E-state index contributed by atoms with van der Waals surface area (Å²) in [6, 6.07) is 12.4. The van der Waals surface area contributed by atoms with Crippen molar-refractivity contribution in [3.05, 3.63) is 64.2 Å². The lowest BCUT2D eigenvalue weighted by Crippen LogP contribution is -2.71. The Labute approximate surface area is 191 Å². The molecule has 0 unspecified atom stereocenters. The molecule has 2 aromatic carbocycles. The van der Waals surface area contributed by atoms with Gasteiger partial charge in [0.2, 0.25) is 5.79 Å². The fourth-order valence-electron chi connectivity index (χ4n) is 3.96. The van der Waals surface area contributed by atoms with Crippen LogP contribution in [0, 0.1) is 0 Å². The zero-order chi connectivity index (χ0) is 23.5. The maximum Gasteiger partial charge on any atom is 0.225 e. The lowest BCUT2D eigenvalue weighted by atomic mass is 9.81. The molecule has 3 rings (SSSR count). The lowest BCUT2D eigenvalue weighted by molar-refractivity contribution is -0.401. The van der Waals surface area contributed by atoms with Crippen molar-refractivity contribution in [3.63, 3.8) is 0 Å². The second kappa shape index (κ2) is 10.0. The number of rotatable bonds is 8. The van der Waals surface area contributed by atoms with E-state index in [-0.39, 0.29) is 0 Å². The van der Waals surface area contributed by atoms with Crippen LogP contribution in [0.3, 0.4) is 0 Å². The molecule has 0 radical (unpaired) electrons. The Morgan fingerprint density at radius 2 is 1.66 bits per heavy atom. The number of methoxy groups -OCH3 is 1. The Kier molecular flexibility index (Phi) is 7.80. The molecule has 4 atom stereocenters. The molecule has 5 N–H and O–H groups in total. The van der Waals surface area contributed by atoms with Crippen molar-refractivity contribution in [1.82, 2.24) is 0 Å². The molecule has 1 heterocycles. The molecule has 1 fully saturated rings. The molecule has 176 valence electrons.